The topological polar surface area (TPSA) is 139 Å². The Labute approximate surface area is 133 Å². The number of nitrogens with zero attached hydrogens (tertiary/aromatic N) is 1. The second-order valence-electron chi connectivity index (χ2n) is 4.03. The average Bonchev–Trinajstić information content (AvgIpc) is 2.49. The van der Waals surface area contributed by atoms with Gasteiger partial charge in [-0.2, -0.15) is 0 Å². The molecule has 1 aromatic carbocycles. The lowest BCUT2D eigenvalue weighted by atomic mass is 10.2. The van der Waals surface area contributed by atoms with Crippen LogP contribution in [0.5, 0.6) is 0 Å². The van der Waals surface area contributed by atoms with Crippen molar-refractivity contribution in [3.05, 3.63) is 34.4 Å². The van der Waals surface area contributed by atoms with Gasteiger partial charge in [0.1, 0.15) is 5.69 Å². The highest BCUT2D eigenvalue weighted by Gasteiger charge is 2.11. The predicted octanol–water partition coefficient (Wildman–Crippen LogP) is -0.380. The van der Waals surface area contributed by atoms with Gasteiger partial charge in [0.2, 0.25) is 11.8 Å². The third kappa shape index (κ3) is 6.86. The minimum Gasteiger partial charge on any atom is -0.378 e. The van der Waals surface area contributed by atoms with Gasteiger partial charge in [0.15, 0.2) is 0 Å². The van der Waals surface area contributed by atoms with Gasteiger partial charge in [-0.25, -0.2) is 0 Å². The average molecular weight is 332 g/mol. The van der Waals surface area contributed by atoms with Crippen molar-refractivity contribution in [1.29, 1.82) is 0 Å². The van der Waals surface area contributed by atoms with E-state index in [2.05, 4.69) is 16.0 Å². The molecule has 122 valence electrons. The van der Waals surface area contributed by atoms with E-state index >= 15 is 0 Å². The molecule has 0 saturated heterocycles. The number of nitro benzene ring substituents is 1. The zero-order valence-electron chi connectivity index (χ0n) is 11.7. The lowest BCUT2D eigenvalue weighted by Gasteiger charge is -2.08. The summed E-state index contributed by atoms with van der Waals surface area (Å²) < 4.78 is 0. The van der Waals surface area contributed by atoms with Crippen LogP contribution in [0.1, 0.15) is 0 Å². The summed E-state index contributed by atoms with van der Waals surface area (Å²) in [5.41, 5.74) is 5.43. The van der Waals surface area contributed by atoms with E-state index in [4.69, 9.17) is 5.73 Å². The second-order valence-corrected chi connectivity index (χ2v) is 4.03. The maximum atomic E-state index is 11.3. The third-order valence-corrected chi connectivity index (χ3v) is 2.49. The first-order chi connectivity index (χ1) is 10.0. The van der Waals surface area contributed by atoms with Gasteiger partial charge in [-0.1, -0.05) is 12.1 Å². The van der Waals surface area contributed by atoms with Crippen molar-refractivity contribution in [1.82, 2.24) is 10.6 Å². The zero-order valence-corrected chi connectivity index (χ0v) is 12.5. The van der Waals surface area contributed by atoms with Gasteiger partial charge in [-0.15, -0.1) is 12.4 Å². The minimum absolute atomic E-state index is 0. The summed E-state index contributed by atoms with van der Waals surface area (Å²) in [6, 6.07) is 6.23. The number of anilines is 1. The Balaban J connectivity index is 0.00000441. The summed E-state index contributed by atoms with van der Waals surface area (Å²) in [6.07, 6.45) is 0. The summed E-state index contributed by atoms with van der Waals surface area (Å²) >= 11 is 0. The van der Waals surface area contributed by atoms with Crippen LogP contribution in [0.3, 0.4) is 0 Å². The minimum atomic E-state index is -0.483. The molecule has 9 nitrogen and oxygen atoms in total. The van der Waals surface area contributed by atoms with E-state index in [0.29, 0.717) is 12.2 Å². The van der Waals surface area contributed by atoms with Crippen LogP contribution in [0, 0.1) is 10.1 Å². The summed E-state index contributed by atoms with van der Waals surface area (Å²) in [5, 5.41) is 18.5. The number of para-hydroxylation sites is 2. The Morgan fingerprint density at radius 2 is 1.82 bits per heavy atom. The Kier molecular flexibility index (Phi) is 9.23. The molecule has 0 fully saturated rings. The molecule has 22 heavy (non-hydrogen) atoms. The Bertz CT molecular complexity index is 526. The highest BCUT2D eigenvalue weighted by atomic mass is 35.5. The molecule has 0 radical (unpaired) electrons. The van der Waals surface area contributed by atoms with Gasteiger partial charge in [0, 0.05) is 19.2 Å². The number of nitrogens with two attached hydrogens (primary N) is 1. The summed E-state index contributed by atoms with van der Waals surface area (Å²) in [6.45, 7) is 0.263. The lowest BCUT2D eigenvalue weighted by molar-refractivity contribution is -0.384. The molecule has 1 rings (SSSR count). The fourth-order valence-electron chi connectivity index (χ4n) is 1.49. The van der Waals surface area contributed by atoms with Crippen LogP contribution >= 0.6 is 12.4 Å². The number of rotatable bonds is 8. The van der Waals surface area contributed by atoms with Crippen molar-refractivity contribution in [3.8, 4) is 0 Å². The molecule has 0 aliphatic heterocycles. The molecule has 0 bridgehead atoms. The number of carbonyl (C=O) groups excluding carboxylic acids is 2. The Morgan fingerprint density at radius 3 is 2.45 bits per heavy atom. The number of halogens is 1. The maximum Gasteiger partial charge on any atom is 0.292 e. The molecule has 5 N–H and O–H groups in total. The van der Waals surface area contributed by atoms with Gasteiger partial charge in [0.25, 0.3) is 5.69 Å². The lowest BCUT2D eigenvalue weighted by Crippen LogP contribution is -2.40. The van der Waals surface area contributed by atoms with Gasteiger partial charge in [-0.3, -0.25) is 19.7 Å². The molecular formula is C12H18ClN5O4. The zero-order chi connectivity index (χ0) is 15.7. The van der Waals surface area contributed by atoms with Gasteiger partial charge in [-0.05, 0) is 6.07 Å². The molecule has 0 saturated carbocycles. The maximum absolute atomic E-state index is 11.3. The summed E-state index contributed by atoms with van der Waals surface area (Å²) in [7, 11) is 0. The molecular weight excluding hydrogens is 314 g/mol. The van der Waals surface area contributed by atoms with Crippen LogP contribution in [-0.2, 0) is 9.59 Å². The second kappa shape index (κ2) is 10.4. The van der Waals surface area contributed by atoms with Crippen LogP contribution in [0.25, 0.3) is 0 Å². The highest BCUT2D eigenvalue weighted by Crippen LogP contribution is 2.22. The number of hydrogen-bond donors (Lipinski definition) is 4. The first-order valence-electron chi connectivity index (χ1n) is 6.25. The van der Waals surface area contributed by atoms with E-state index in [9.17, 15) is 19.7 Å². The number of nitrogens with one attached hydrogen (secondary N) is 3. The highest BCUT2D eigenvalue weighted by molar-refractivity contribution is 5.85. The molecule has 0 unspecified atom stereocenters. The standard InChI is InChI=1S/C12H17N5O4.ClH/c13-7-11(18)16-8-12(19)15-6-5-14-9-3-1-2-4-10(9)17(20)21;/h1-4,14H,5-8,13H2,(H,15,19)(H,16,18);1H. The van der Waals surface area contributed by atoms with E-state index in [0.717, 1.165) is 0 Å². The molecule has 0 aromatic heterocycles. The van der Waals surface area contributed by atoms with Crippen molar-refractivity contribution in [2.75, 3.05) is 31.5 Å². The van der Waals surface area contributed by atoms with Crippen LogP contribution < -0.4 is 21.7 Å². The molecule has 1 aromatic rings. The van der Waals surface area contributed by atoms with Gasteiger partial charge < -0.3 is 21.7 Å². The molecule has 10 heteroatoms. The predicted molar refractivity (Wildman–Crippen MR) is 83.9 cm³/mol. The molecule has 0 heterocycles. The molecule has 0 atom stereocenters. The first-order valence-corrected chi connectivity index (χ1v) is 6.25. The Hall–Kier alpha value is -2.39. The van der Waals surface area contributed by atoms with Crippen LogP contribution in [0.15, 0.2) is 24.3 Å². The van der Waals surface area contributed by atoms with Crippen molar-refractivity contribution in [3.63, 3.8) is 0 Å². The molecule has 0 aliphatic carbocycles. The Morgan fingerprint density at radius 1 is 1.14 bits per heavy atom. The van der Waals surface area contributed by atoms with E-state index in [-0.39, 0.29) is 43.6 Å². The van der Waals surface area contributed by atoms with E-state index in [1.807, 2.05) is 0 Å². The number of carbonyl (C=O) groups is 2. The van der Waals surface area contributed by atoms with Crippen LogP contribution in [0.2, 0.25) is 0 Å². The quantitative estimate of drug-likeness (QED) is 0.291. The summed E-state index contributed by atoms with van der Waals surface area (Å²) in [5.74, 6) is -0.774. The van der Waals surface area contributed by atoms with Crippen molar-refractivity contribution < 1.29 is 14.5 Å². The van der Waals surface area contributed by atoms with Gasteiger partial charge >= 0.3 is 0 Å². The molecule has 0 spiro atoms. The molecule has 2 amide bonds. The van der Waals surface area contributed by atoms with Crippen LogP contribution in [-0.4, -0.2) is 42.9 Å². The fourth-order valence-corrected chi connectivity index (χ4v) is 1.49. The number of nitro groups is 1. The summed E-state index contributed by atoms with van der Waals surface area (Å²) in [4.78, 5) is 32.5. The van der Waals surface area contributed by atoms with Crippen molar-refractivity contribution >= 4 is 35.6 Å². The third-order valence-electron chi connectivity index (χ3n) is 2.49. The monoisotopic (exact) mass is 331 g/mol. The van der Waals surface area contributed by atoms with E-state index in [1.165, 1.54) is 6.07 Å². The largest absolute Gasteiger partial charge is 0.378 e. The van der Waals surface area contributed by atoms with E-state index in [1.54, 1.807) is 18.2 Å². The smallest absolute Gasteiger partial charge is 0.292 e. The number of amides is 2. The van der Waals surface area contributed by atoms with Gasteiger partial charge in [0.05, 0.1) is 18.0 Å². The van der Waals surface area contributed by atoms with Crippen LogP contribution in [0.4, 0.5) is 11.4 Å². The molecule has 0 aliphatic rings. The van der Waals surface area contributed by atoms with Crippen molar-refractivity contribution in [2.24, 2.45) is 5.73 Å². The normalized spacial score (nSPS) is 9.32. The van der Waals surface area contributed by atoms with Crippen molar-refractivity contribution in [2.45, 2.75) is 0 Å². The van der Waals surface area contributed by atoms with E-state index < -0.39 is 10.8 Å². The number of hydrogen-bond acceptors (Lipinski definition) is 6. The first kappa shape index (κ1) is 19.6. The number of benzene rings is 1. The SMILES string of the molecule is Cl.NCC(=O)NCC(=O)NCCNc1ccccc1[N+](=O)[O-]. The fraction of sp³-hybridized carbons (Fsp3) is 0.333.